The van der Waals surface area contributed by atoms with Gasteiger partial charge in [-0.15, -0.1) is 0 Å². The van der Waals surface area contributed by atoms with Crippen molar-refractivity contribution in [2.24, 2.45) is 0 Å². The van der Waals surface area contributed by atoms with Crippen molar-refractivity contribution in [2.45, 2.75) is 24.7 Å². The number of halogens is 5. The second kappa shape index (κ2) is 7.11. The fraction of sp³-hybridized carbons (Fsp3) is 0.222. The van der Waals surface area contributed by atoms with Crippen LogP contribution in [0.4, 0.5) is 29.1 Å². The molecule has 1 aromatic carbocycles. The fourth-order valence-corrected chi connectivity index (χ4v) is 3.36. The highest BCUT2D eigenvalue weighted by Gasteiger charge is 2.47. The Morgan fingerprint density at radius 1 is 1.34 bits per heavy atom. The number of amides is 1. The predicted octanol–water partition coefficient (Wildman–Crippen LogP) is 5.18. The van der Waals surface area contributed by atoms with Gasteiger partial charge in [0.15, 0.2) is 6.04 Å². The minimum atomic E-state index is -4.58. The van der Waals surface area contributed by atoms with Crippen LogP contribution in [0.5, 0.6) is 0 Å². The molecule has 0 bridgehead atoms. The first-order valence-electron chi connectivity index (χ1n) is 8.44. The molecule has 29 heavy (non-hydrogen) atoms. The van der Waals surface area contributed by atoms with E-state index in [1.54, 1.807) is 12.1 Å². The molecule has 3 aromatic rings. The van der Waals surface area contributed by atoms with Crippen LogP contribution in [0, 0.1) is 5.82 Å². The number of aromatic nitrogens is 2. The van der Waals surface area contributed by atoms with E-state index in [1.807, 2.05) is 0 Å². The molecule has 1 amide bonds. The molecule has 0 saturated heterocycles. The molecular weight excluding hydrogens is 416 g/mol. The Bertz CT molecular complexity index is 1050. The Labute approximate surface area is 166 Å². The lowest BCUT2D eigenvalue weighted by molar-refractivity contribution is -0.174. The monoisotopic (exact) mass is 428 g/mol. The first-order valence-corrected chi connectivity index (χ1v) is 8.82. The maximum atomic E-state index is 13.6. The zero-order valence-corrected chi connectivity index (χ0v) is 15.3. The second-order valence-electron chi connectivity index (χ2n) is 6.44. The van der Waals surface area contributed by atoms with Crippen molar-refractivity contribution in [1.29, 1.82) is 0 Å². The predicted molar refractivity (Wildman–Crippen MR) is 96.4 cm³/mol. The standard InChI is InChI=1S/C18H13ClF4N4O2/c19-11-6-9(3-4-12(11)20)25-17(28)10-8-24-27-15(18(21,22)23)7-13(26-16(10)27)14-2-1-5-29-14/h1-6,8,13,15,26H,7H2,(H,25,28)/t13-,15-/m1/s1. The third kappa shape index (κ3) is 3.67. The largest absolute Gasteiger partial charge is 0.467 e. The SMILES string of the molecule is O=C(Nc1ccc(F)c(Cl)c1)c1cnn2c1N[C@@H](c1ccco1)C[C@@H]2C(F)(F)F. The summed E-state index contributed by atoms with van der Waals surface area (Å²) in [6.45, 7) is 0. The average molecular weight is 429 g/mol. The van der Waals surface area contributed by atoms with E-state index < -0.39 is 30.0 Å². The summed E-state index contributed by atoms with van der Waals surface area (Å²) < 4.78 is 60.1. The molecule has 2 aromatic heterocycles. The van der Waals surface area contributed by atoms with Gasteiger partial charge in [-0.1, -0.05) is 11.6 Å². The normalized spacial score (nSPS) is 18.8. The van der Waals surface area contributed by atoms with Crippen molar-refractivity contribution in [3.63, 3.8) is 0 Å². The number of fused-ring (bicyclic) bond motifs is 1. The van der Waals surface area contributed by atoms with Gasteiger partial charge >= 0.3 is 6.18 Å². The van der Waals surface area contributed by atoms with E-state index in [9.17, 15) is 22.4 Å². The molecule has 11 heteroatoms. The van der Waals surface area contributed by atoms with Crippen molar-refractivity contribution in [2.75, 3.05) is 10.6 Å². The Morgan fingerprint density at radius 3 is 2.79 bits per heavy atom. The molecule has 1 aliphatic rings. The fourth-order valence-electron chi connectivity index (χ4n) is 3.18. The number of carbonyl (C=O) groups is 1. The number of furan rings is 1. The first-order chi connectivity index (χ1) is 13.7. The van der Waals surface area contributed by atoms with Crippen LogP contribution in [-0.2, 0) is 0 Å². The van der Waals surface area contributed by atoms with Crippen LogP contribution in [-0.4, -0.2) is 21.9 Å². The van der Waals surface area contributed by atoms with E-state index in [-0.39, 0.29) is 28.5 Å². The van der Waals surface area contributed by atoms with E-state index in [4.69, 9.17) is 16.0 Å². The molecule has 0 spiro atoms. The summed E-state index contributed by atoms with van der Waals surface area (Å²) in [7, 11) is 0. The molecule has 0 saturated carbocycles. The van der Waals surface area contributed by atoms with Crippen LogP contribution < -0.4 is 10.6 Å². The van der Waals surface area contributed by atoms with E-state index in [2.05, 4.69) is 15.7 Å². The highest BCUT2D eigenvalue weighted by molar-refractivity contribution is 6.31. The van der Waals surface area contributed by atoms with E-state index in [0.29, 0.717) is 5.76 Å². The topological polar surface area (TPSA) is 72.1 Å². The number of benzene rings is 1. The van der Waals surface area contributed by atoms with Crippen molar-refractivity contribution in [1.82, 2.24) is 9.78 Å². The third-order valence-corrected chi connectivity index (χ3v) is 4.84. The van der Waals surface area contributed by atoms with Gasteiger partial charge in [-0.25, -0.2) is 9.07 Å². The Morgan fingerprint density at radius 2 is 2.14 bits per heavy atom. The molecule has 2 atom stereocenters. The lowest BCUT2D eigenvalue weighted by Crippen LogP contribution is -2.36. The van der Waals surface area contributed by atoms with Gasteiger partial charge in [0.1, 0.15) is 23.0 Å². The van der Waals surface area contributed by atoms with Crippen molar-refractivity contribution in [3.05, 3.63) is 65.0 Å². The smallest absolute Gasteiger partial charge is 0.410 e. The molecule has 0 aliphatic carbocycles. The number of nitrogens with zero attached hydrogens (tertiary/aromatic N) is 2. The number of hydrogen-bond donors (Lipinski definition) is 2. The average Bonchev–Trinajstić information content (AvgIpc) is 3.32. The van der Waals surface area contributed by atoms with E-state index in [0.717, 1.165) is 16.9 Å². The highest BCUT2D eigenvalue weighted by Crippen LogP contribution is 2.44. The Balaban J connectivity index is 1.67. The maximum Gasteiger partial charge on any atom is 0.410 e. The quantitative estimate of drug-likeness (QED) is 0.564. The summed E-state index contributed by atoms with van der Waals surface area (Å²) in [5.41, 5.74) is 0.0862. The summed E-state index contributed by atoms with van der Waals surface area (Å²) in [5.74, 6) is -1.17. The van der Waals surface area contributed by atoms with Crippen molar-refractivity contribution < 1.29 is 26.8 Å². The highest BCUT2D eigenvalue weighted by atomic mass is 35.5. The van der Waals surface area contributed by atoms with Crippen LogP contribution in [0.3, 0.4) is 0 Å². The Kier molecular flexibility index (Phi) is 4.73. The minimum absolute atomic E-state index is 0.0920. The molecular formula is C18H13ClF4N4O2. The first kappa shape index (κ1) is 19.3. The summed E-state index contributed by atoms with van der Waals surface area (Å²) in [6.07, 6.45) is -2.52. The number of hydrogen-bond acceptors (Lipinski definition) is 4. The van der Waals surface area contributed by atoms with Crippen LogP contribution in [0.2, 0.25) is 5.02 Å². The zero-order chi connectivity index (χ0) is 20.8. The summed E-state index contributed by atoms with van der Waals surface area (Å²) in [6, 6.07) is 3.93. The minimum Gasteiger partial charge on any atom is -0.467 e. The van der Waals surface area contributed by atoms with Gasteiger partial charge in [-0.05, 0) is 30.3 Å². The molecule has 4 rings (SSSR count). The molecule has 2 N–H and O–H groups in total. The number of alkyl halides is 3. The van der Waals surface area contributed by atoms with Gasteiger partial charge in [0.05, 0.1) is 23.5 Å². The van der Waals surface area contributed by atoms with Gasteiger partial charge in [0, 0.05) is 12.1 Å². The maximum absolute atomic E-state index is 13.6. The number of nitrogens with one attached hydrogen (secondary N) is 2. The molecule has 1 aliphatic heterocycles. The molecule has 0 radical (unpaired) electrons. The van der Waals surface area contributed by atoms with Crippen LogP contribution in [0.15, 0.2) is 47.2 Å². The van der Waals surface area contributed by atoms with Crippen LogP contribution in [0.1, 0.15) is 34.6 Å². The van der Waals surface area contributed by atoms with Gasteiger partial charge in [-0.3, -0.25) is 4.79 Å². The van der Waals surface area contributed by atoms with Crippen molar-refractivity contribution in [3.8, 4) is 0 Å². The summed E-state index contributed by atoms with van der Waals surface area (Å²) >= 11 is 5.69. The molecule has 6 nitrogen and oxygen atoms in total. The van der Waals surface area contributed by atoms with E-state index >= 15 is 0 Å². The molecule has 0 fully saturated rings. The zero-order valence-electron chi connectivity index (χ0n) is 14.5. The van der Waals surface area contributed by atoms with Gasteiger partial charge in [0.25, 0.3) is 5.91 Å². The van der Waals surface area contributed by atoms with Crippen LogP contribution in [0.25, 0.3) is 0 Å². The number of anilines is 2. The van der Waals surface area contributed by atoms with Gasteiger partial charge in [0.2, 0.25) is 0 Å². The molecule has 152 valence electrons. The number of carbonyl (C=O) groups excluding carboxylic acids is 1. The second-order valence-corrected chi connectivity index (χ2v) is 6.85. The summed E-state index contributed by atoms with van der Waals surface area (Å²) in [4.78, 5) is 12.6. The lowest BCUT2D eigenvalue weighted by Gasteiger charge is -2.32. The van der Waals surface area contributed by atoms with Gasteiger partial charge < -0.3 is 15.1 Å². The van der Waals surface area contributed by atoms with Gasteiger partial charge in [-0.2, -0.15) is 18.3 Å². The lowest BCUT2D eigenvalue weighted by atomic mass is 10.0. The summed E-state index contributed by atoms with van der Waals surface area (Å²) in [5, 5.41) is 8.95. The van der Waals surface area contributed by atoms with E-state index in [1.165, 1.54) is 18.4 Å². The number of rotatable bonds is 3. The Hall–Kier alpha value is -3.01. The molecule has 3 heterocycles. The van der Waals surface area contributed by atoms with Crippen molar-refractivity contribution >= 4 is 29.0 Å². The third-order valence-electron chi connectivity index (χ3n) is 4.55. The molecule has 0 unspecified atom stereocenters. The van der Waals surface area contributed by atoms with Crippen LogP contribution >= 0.6 is 11.6 Å².